The number of hydrogen-bond donors (Lipinski definition) is 0. The Morgan fingerprint density at radius 1 is 0.759 bits per heavy atom. The maximum absolute atomic E-state index is 2.38. The maximum atomic E-state index is 2.38. The number of benzene rings is 2. The van der Waals surface area contributed by atoms with Gasteiger partial charge in [-0.1, -0.05) is 94.0 Å². The van der Waals surface area contributed by atoms with Gasteiger partial charge in [0.25, 0.3) is 0 Å². The van der Waals surface area contributed by atoms with Crippen molar-refractivity contribution in [1.29, 1.82) is 0 Å². The van der Waals surface area contributed by atoms with Crippen LogP contribution in [0.4, 0.5) is 0 Å². The van der Waals surface area contributed by atoms with Crippen molar-refractivity contribution in [2.24, 2.45) is 0 Å². The van der Waals surface area contributed by atoms with E-state index >= 15 is 0 Å². The van der Waals surface area contributed by atoms with E-state index in [4.69, 9.17) is 0 Å². The topological polar surface area (TPSA) is 8.81 Å². The third-order valence-corrected chi connectivity index (χ3v) is 6.08. The molecule has 0 amide bonds. The molecule has 1 aromatic heterocycles. The van der Waals surface area contributed by atoms with Crippen molar-refractivity contribution in [2.45, 2.75) is 70.9 Å². The van der Waals surface area contributed by atoms with Crippen molar-refractivity contribution in [1.82, 2.24) is 4.57 Å². The number of imidazole rings is 1. The number of fused-ring (bicyclic) bond motifs is 3. The van der Waals surface area contributed by atoms with Gasteiger partial charge in [-0.25, -0.2) is 9.13 Å². The SMILES string of the molecule is CCCCCCCCCC[n+]1ccn(C2c3ccccc3-c3ccccc32)c1.[Br-]. The molecule has 1 aliphatic carbocycles. The highest BCUT2D eigenvalue weighted by Crippen LogP contribution is 2.44. The summed E-state index contributed by atoms with van der Waals surface area (Å²) >= 11 is 0. The second-order valence-electron chi connectivity index (χ2n) is 8.15. The first-order chi connectivity index (χ1) is 13.9. The average molecular weight is 453 g/mol. The fraction of sp³-hybridized carbons (Fsp3) is 0.423. The molecule has 154 valence electrons. The van der Waals surface area contributed by atoms with E-state index in [-0.39, 0.29) is 17.0 Å². The molecule has 3 aromatic rings. The van der Waals surface area contributed by atoms with Crippen molar-refractivity contribution in [2.75, 3.05) is 0 Å². The van der Waals surface area contributed by atoms with Crippen LogP contribution in [0.3, 0.4) is 0 Å². The summed E-state index contributed by atoms with van der Waals surface area (Å²) in [7, 11) is 0. The summed E-state index contributed by atoms with van der Waals surface area (Å²) in [6.07, 6.45) is 17.8. The number of aromatic nitrogens is 2. The molecule has 3 heteroatoms. The highest BCUT2D eigenvalue weighted by atomic mass is 79.9. The number of nitrogens with zero attached hydrogens (tertiary/aromatic N) is 2. The van der Waals surface area contributed by atoms with E-state index in [1.54, 1.807) is 0 Å². The largest absolute Gasteiger partial charge is 1.00 e. The Labute approximate surface area is 186 Å². The lowest BCUT2D eigenvalue weighted by Crippen LogP contribution is -3.00. The van der Waals surface area contributed by atoms with Crippen molar-refractivity contribution >= 4 is 0 Å². The molecule has 0 saturated carbocycles. The zero-order chi connectivity index (χ0) is 19.2. The first-order valence-corrected chi connectivity index (χ1v) is 11.1. The Hall–Kier alpha value is -1.87. The molecule has 0 unspecified atom stereocenters. The smallest absolute Gasteiger partial charge is 0.244 e. The summed E-state index contributed by atoms with van der Waals surface area (Å²) < 4.78 is 4.75. The minimum absolute atomic E-state index is 0. The third kappa shape index (κ3) is 5.01. The molecule has 0 fully saturated rings. The van der Waals surface area contributed by atoms with Crippen LogP contribution in [0.5, 0.6) is 0 Å². The van der Waals surface area contributed by atoms with Gasteiger partial charge in [0, 0.05) is 11.1 Å². The monoisotopic (exact) mass is 452 g/mol. The van der Waals surface area contributed by atoms with Crippen molar-refractivity contribution in [3.05, 3.63) is 78.4 Å². The standard InChI is InChI=1S/C26H33N2.BrH/c1-2-3-4-5-6-7-8-13-18-27-19-20-28(21-27)26-24-16-11-9-14-22(24)23-15-10-12-17-25(23)26;/h9-12,14-17,19-21,26H,2-8,13,18H2,1H3;1H/q+1;/p-1. The zero-order valence-electron chi connectivity index (χ0n) is 17.6. The van der Waals surface area contributed by atoms with Crippen LogP contribution in [0, 0.1) is 0 Å². The number of hydrogen-bond acceptors (Lipinski definition) is 0. The lowest BCUT2D eigenvalue weighted by molar-refractivity contribution is -0.697. The van der Waals surface area contributed by atoms with Gasteiger partial charge in [0.15, 0.2) is 6.04 Å². The lowest BCUT2D eigenvalue weighted by Gasteiger charge is -2.09. The molecule has 29 heavy (non-hydrogen) atoms. The van der Waals surface area contributed by atoms with Gasteiger partial charge in [0.2, 0.25) is 6.33 Å². The van der Waals surface area contributed by atoms with Crippen LogP contribution in [0.1, 0.15) is 75.5 Å². The van der Waals surface area contributed by atoms with Gasteiger partial charge in [-0.05, 0) is 24.0 Å². The maximum Gasteiger partial charge on any atom is 0.244 e. The Morgan fingerprint density at radius 3 is 1.93 bits per heavy atom. The number of unbranched alkanes of at least 4 members (excludes halogenated alkanes) is 7. The third-order valence-electron chi connectivity index (χ3n) is 6.08. The van der Waals surface area contributed by atoms with Gasteiger partial charge in [-0.2, -0.15) is 0 Å². The number of rotatable bonds is 10. The van der Waals surface area contributed by atoms with Crippen molar-refractivity contribution in [3.8, 4) is 11.1 Å². The summed E-state index contributed by atoms with van der Waals surface area (Å²) in [6, 6.07) is 18.0. The van der Waals surface area contributed by atoms with Gasteiger partial charge in [0.1, 0.15) is 12.4 Å². The second-order valence-corrected chi connectivity index (χ2v) is 8.15. The Balaban J connectivity index is 0.00000240. The van der Waals surface area contributed by atoms with Crippen LogP contribution in [0.2, 0.25) is 0 Å². The molecule has 1 heterocycles. The van der Waals surface area contributed by atoms with E-state index in [0.29, 0.717) is 6.04 Å². The molecule has 0 saturated heterocycles. The predicted octanol–water partition coefficient (Wildman–Crippen LogP) is 3.54. The summed E-state index contributed by atoms with van der Waals surface area (Å²) in [6.45, 7) is 3.41. The van der Waals surface area contributed by atoms with Crippen LogP contribution in [0.15, 0.2) is 67.3 Å². The first kappa shape index (κ1) is 21.8. The van der Waals surface area contributed by atoms with E-state index in [9.17, 15) is 0 Å². The molecule has 2 nitrogen and oxygen atoms in total. The molecule has 0 atom stereocenters. The van der Waals surface area contributed by atoms with Gasteiger partial charge < -0.3 is 17.0 Å². The molecule has 0 radical (unpaired) electrons. The molecule has 0 aliphatic heterocycles. The van der Waals surface area contributed by atoms with Gasteiger partial charge in [0.05, 0.1) is 6.54 Å². The van der Waals surface area contributed by atoms with Crippen LogP contribution < -0.4 is 21.5 Å². The normalized spacial score (nSPS) is 12.4. The Kier molecular flexibility index (Phi) is 8.11. The fourth-order valence-electron chi connectivity index (χ4n) is 4.57. The van der Waals surface area contributed by atoms with E-state index in [2.05, 4.69) is 83.3 Å². The van der Waals surface area contributed by atoms with Crippen molar-refractivity contribution < 1.29 is 21.5 Å². The van der Waals surface area contributed by atoms with E-state index in [1.165, 1.54) is 73.6 Å². The number of halogens is 1. The minimum atomic E-state index is 0. The molecule has 0 bridgehead atoms. The summed E-state index contributed by atoms with van der Waals surface area (Å²) in [5, 5.41) is 0. The number of aryl methyl sites for hydroxylation is 1. The Morgan fingerprint density at radius 2 is 1.31 bits per heavy atom. The Bertz CT molecular complexity index is 853. The van der Waals surface area contributed by atoms with E-state index in [0.717, 1.165) is 6.54 Å². The van der Waals surface area contributed by atoms with E-state index < -0.39 is 0 Å². The first-order valence-electron chi connectivity index (χ1n) is 11.1. The highest BCUT2D eigenvalue weighted by Gasteiger charge is 2.32. The molecule has 0 N–H and O–H groups in total. The molecular weight excluding hydrogens is 420 g/mol. The van der Waals surface area contributed by atoms with Crippen LogP contribution in [-0.4, -0.2) is 4.57 Å². The molecule has 0 spiro atoms. The van der Waals surface area contributed by atoms with Crippen LogP contribution in [0.25, 0.3) is 11.1 Å². The highest BCUT2D eigenvalue weighted by molar-refractivity contribution is 5.78. The summed E-state index contributed by atoms with van der Waals surface area (Å²) in [4.78, 5) is 0. The molecule has 1 aliphatic rings. The summed E-state index contributed by atoms with van der Waals surface area (Å²) in [5.74, 6) is 0. The minimum Gasteiger partial charge on any atom is -1.00 e. The van der Waals surface area contributed by atoms with Crippen molar-refractivity contribution in [3.63, 3.8) is 0 Å². The van der Waals surface area contributed by atoms with E-state index in [1.807, 2.05) is 0 Å². The predicted molar refractivity (Wildman–Crippen MR) is 116 cm³/mol. The summed E-state index contributed by atoms with van der Waals surface area (Å²) in [5.41, 5.74) is 5.59. The van der Waals surface area contributed by atoms with Crippen LogP contribution >= 0.6 is 0 Å². The fourth-order valence-corrected chi connectivity index (χ4v) is 4.57. The molecule has 4 rings (SSSR count). The molecular formula is C26H33BrN2. The van der Waals surface area contributed by atoms with Gasteiger partial charge >= 0.3 is 0 Å². The van der Waals surface area contributed by atoms with Gasteiger partial charge in [-0.3, -0.25) is 0 Å². The van der Waals surface area contributed by atoms with Gasteiger partial charge in [-0.15, -0.1) is 0 Å². The quantitative estimate of drug-likeness (QED) is 0.257. The second kappa shape index (κ2) is 10.8. The average Bonchev–Trinajstić information content (AvgIpc) is 3.32. The zero-order valence-corrected chi connectivity index (χ0v) is 19.2. The van der Waals surface area contributed by atoms with Crippen LogP contribution in [-0.2, 0) is 6.54 Å². The lowest BCUT2D eigenvalue weighted by atomic mass is 10.1. The molecule has 2 aromatic carbocycles.